The Labute approximate surface area is 94.6 Å². The van der Waals surface area contributed by atoms with Gasteiger partial charge in [0.2, 0.25) is 0 Å². The molecule has 0 bridgehead atoms. The van der Waals surface area contributed by atoms with Crippen molar-refractivity contribution in [3.8, 4) is 0 Å². The Kier molecular flexibility index (Phi) is 5.51. The van der Waals surface area contributed by atoms with E-state index in [2.05, 4.69) is 62.3 Å². The molecular formula is C12H30BP. The van der Waals surface area contributed by atoms with Crippen molar-refractivity contribution in [2.24, 2.45) is 0 Å². The molecule has 0 saturated heterocycles. The van der Waals surface area contributed by atoms with Crippen LogP contribution >= 0.6 is 7.92 Å². The molecule has 0 spiro atoms. The molecule has 0 N–H and O–H groups in total. The predicted octanol–water partition coefficient (Wildman–Crippen LogP) is 3.68. The highest BCUT2D eigenvalue weighted by atomic mass is 31.1. The van der Waals surface area contributed by atoms with Crippen molar-refractivity contribution in [3.63, 3.8) is 0 Å². The van der Waals surface area contributed by atoms with Crippen LogP contribution in [0.1, 0.15) is 62.3 Å². The van der Waals surface area contributed by atoms with E-state index in [1.54, 1.807) is 0 Å². The van der Waals surface area contributed by atoms with Crippen LogP contribution in [0.25, 0.3) is 0 Å². The Morgan fingerprint density at radius 3 is 0.643 bits per heavy atom. The van der Waals surface area contributed by atoms with Crippen LogP contribution in [0.4, 0.5) is 0 Å². The highest BCUT2D eigenvalue weighted by Gasteiger charge is 2.41. The van der Waals surface area contributed by atoms with Crippen molar-refractivity contribution < 1.29 is 0 Å². The normalized spacial score (nSPS) is 14.1. The molecule has 0 atom stereocenters. The standard InChI is InChI=1S/C12H27P.BH3/c1-10(2,3)13(11(4,5)6)12(7,8)9;/h1-9H3;1H3. The van der Waals surface area contributed by atoms with E-state index in [9.17, 15) is 0 Å². The zero-order valence-electron chi connectivity index (χ0n) is 10.9. The van der Waals surface area contributed by atoms with Gasteiger partial charge in [0.15, 0.2) is 0 Å². The fraction of sp³-hybridized carbons (Fsp3) is 1.00. The van der Waals surface area contributed by atoms with Crippen LogP contribution < -0.4 is 0 Å². The summed E-state index contributed by atoms with van der Waals surface area (Å²) in [6.07, 6.45) is 0. The van der Waals surface area contributed by atoms with Gasteiger partial charge in [-0.25, -0.2) is 0 Å². The fourth-order valence-corrected chi connectivity index (χ4v) is 9.06. The fourth-order valence-electron chi connectivity index (χ4n) is 3.02. The molecule has 0 aliphatic rings. The molecule has 0 fully saturated rings. The second-order valence-corrected chi connectivity index (χ2v) is 11.5. The third-order valence-corrected chi connectivity index (χ3v) is 6.04. The average Bonchev–Trinajstić information content (AvgIpc) is 1.44. The maximum absolute atomic E-state index is 2.38. The molecular weight excluding hydrogens is 186 g/mol. The van der Waals surface area contributed by atoms with Crippen molar-refractivity contribution in [2.45, 2.75) is 77.8 Å². The Hall–Kier alpha value is 0.495. The van der Waals surface area contributed by atoms with E-state index in [0.717, 1.165) is 0 Å². The van der Waals surface area contributed by atoms with E-state index < -0.39 is 0 Å². The van der Waals surface area contributed by atoms with Crippen molar-refractivity contribution in [3.05, 3.63) is 0 Å². The van der Waals surface area contributed by atoms with Crippen molar-refractivity contribution >= 4 is 16.3 Å². The quantitative estimate of drug-likeness (QED) is 0.428. The van der Waals surface area contributed by atoms with E-state index in [-0.39, 0.29) is 16.3 Å². The molecule has 0 aromatic heterocycles. The lowest BCUT2D eigenvalue weighted by Gasteiger charge is -2.49. The van der Waals surface area contributed by atoms with Crippen LogP contribution in [0.15, 0.2) is 0 Å². The smallest absolute Gasteiger partial charge is 0.0814 e. The van der Waals surface area contributed by atoms with Gasteiger partial charge in [-0.1, -0.05) is 70.2 Å². The SMILES string of the molecule is B.CC(C)(C)P(C(C)(C)C)C(C)(C)C. The van der Waals surface area contributed by atoms with Crippen LogP contribution in [0, 0.1) is 0 Å². The molecule has 0 unspecified atom stereocenters. The Bertz CT molecular complexity index is 133. The largest absolute Gasteiger partial charge is 0.0901 e. The van der Waals surface area contributed by atoms with Gasteiger partial charge in [-0.15, -0.1) is 0 Å². The minimum absolute atomic E-state index is 0. The first-order valence-electron chi connectivity index (χ1n) is 5.17. The molecule has 0 heterocycles. The molecule has 0 nitrogen and oxygen atoms in total. The number of hydrogen-bond donors (Lipinski definition) is 0. The lowest BCUT2D eigenvalue weighted by molar-refractivity contribution is 0.644. The molecule has 0 aliphatic carbocycles. The maximum Gasteiger partial charge on any atom is 0.0814 e. The van der Waals surface area contributed by atoms with Crippen LogP contribution in [0.2, 0.25) is 0 Å². The van der Waals surface area contributed by atoms with E-state index in [0.29, 0.717) is 15.5 Å². The minimum atomic E-state index is 0. The predicted molar refractivity (Wildman–Crippen MR) is 76.1 cm³/mol. The number of hydrogen-bond acceptors (Lipinski definition) is 0. The molecule has 0 rings (SSSR count). The summed E-state index contributed by atoms with van der Waals surface area (Å²) in [6, 6.07) is 0. The molecule has 0 amide bonds. The van der Waals surface area contributed by atoms with Gasteiger partial charge in [0, 0.05) is 0 Å². The van der Waals surface area contributed by atoms with Crippen molar-refractivity contribution in [2.75, 3.05) is 0 Å². The van der Waals surface area contributed by atoms with Gasteiger partial charge >= 0.3 is 0 Å². The molecule has 0 radical (unpaired) electrons. The lowest BCUT2D eigenvalue weighted by Crippen LogP contribution is -2.34. The Morgan fingerprint density at radius 1 is 0.500 bits per heavy atom. The first kappa shape index (κ1) is 16.9. The summed E-state index contributed by atoms with van der Waals surface area (Å²) in [7, 11) is 0.0162. The van der Waals surface area contributed by atoms with Gasteiger partial charge in [-0.3, -0.25) is 0 Å². The van der Waals surface area contributed by atoms with Gasteiger partial charge in [0.1, 0.15) is 0 Å². The second-order valence-electron chi connectivity index (χ2n) is 6.85. The van der Waals surface area contributed by atoms with Crippen LogP contribution in [-0.4, -0.2) is 23.9 Å². The monoisotopic (exact) mass is 216 g/mol. The molecule has 0 aromatic rings. The highest BCUT2D eigenvalue weighted by Crippen LogP contribution is 2.66. The summed E-state index contributed by atoms with van der Waals surface area (Å²) in [5, 5.41) is 1.35. The van der Waals surface area contributed by atoms with Gasteiger partial charge in [0.25, 0.3) is 0 Å². The van der Waals surface area contributed by atoms with Crippen LogP contribution in [0.3, 0.4) is 0 Å². The van der Waals surface area contributed by atoms with Gasteiger partial charge < -0.3 is 0 Å². The summed E-state index contributed by atoms with van der Waals surface area (Å²) in [5.74, 6) is 0. The minimum Gasteiger partial charge on any atom is -0.0901 e. The molecule has 0 saturated carbocycles. The third-order valence-electron chi connectivity index (χ3n) is 2.01. The Balaban J connectivity index is 0. The zero-order chi connectivity index (χ0) is 11.1. The molecule has 14 heavy (non-hydrogen) atoms. The first-order valence-corrected chi connectivity index (χ1v) is 6.51. The van der Waals surface area contributed by atoms with Gasteiger partial charge in [-0.2, -0.15) is 0 Å². The molecule has 0 aromatic carbocycles. The summed E-state index contributed by atoms with van der Waals surface area (Å²) in [6.45, 7) is 21.5. The molecule has 0 aliphatic heterocycles. The van der Waals surface area contributed by atoms with Crippen LogP contribution in [0.5, 0.6) is 0 Å². The van der Waals surface area contributed by atoms with Gasteiger partial charge in [-0.05, 0) is 15.5 Å². The van der Waals surface area contributed by atoms with Gasteiger partial charge in [0.05, 0.1) is 8.41 Å². The van der Waals surface area contributed by atoms with Crippen molar-refractivity contribution in [1.82, 2.24) is 0 Å². The summed E-state index contributed by atoms with van der Waals surface area (Å²) >= 11 is 0. The third kappa shape index (κ3) is 4.83. The molecule has 2 heteroatoms. The van der Waals surface area contributed by atoms with E-state index in [4.69, 9.17) is 0 Å². The maximum atomic E-state index is 2.38. The lowest BCUT2D eigenvalue weighted by atomic mass is 10.2. The van der Waals surface area contributed by atoms with Crippen molar-refractivity contribution in [1.29, 1.82) is 0 Å². The van der Waals surface area contributed by atoms with E-state index in [1.165, 1.54) is 0 Å². The molecule has 86 valence electrons. The summed E-state index contributed by atoms with van der Waals surface area (Å²) in [5.41, 5.74) is 0. The highest BCUT2D eigenvalue weighted by molar-refractivity contribution is 7.62. The first-order chi connectivity index (χ1) is 5.37. The number of rotatable bonds is 0. The van der Waals surface area contributed by atoms with E-state index in [1.807, 2.05) is 0 Å². The average molecular weight is 216 g/mol. The topological polar surface area (TPSA) is 0 Å². The summed E-state index contributed by atoms with van der Waals surface area (Å²) in [4.78, 5) is 0. The van der Waals surface area contributed by atoms with Crippen LogP contribution in [-0.2, 0) is 0 Å². The Morgan fingerprint density at radius 2 is 0.643 bits per heavy atom. The second kappa shape index (κ2) is 4.56. The van der Waals surface area contributed by atoms with E-state index >= 15 is 0 Å². The zero-order valence-corrected chi connectivity index (χ0v) is 11.8. The summed E-state index contributed by atoms with van der Waals surface area (Å²) < 4.78 is 0.